The van der Waals surface area contributed by atoms with E-state index in [1.807, 2.05) is 37.4 Å². The zero-order valence-corrected chi connectivity index (χ0v) is 18.9. The first kappa shape index (κ1) is 24.3. The van der Waals surface area contributed by atoms with Crippen molar-refractivity contribution in [1.29, 1.82) is 0 Å². The van der Waals surface area contributed by atoms with E-state index in [1.54, 1.807) is 50.5 Å². The summed E-state index contributed by atoms with van der Waals surface area (Å²) in [6, 6.07) is 16.6. The summed E-state index contributed by atoms with van der Waals surface area (Å²) in [7, 11) is -1.41. The maximum atomic E-state index is 12.3. The number of nitrogens with one attached hydrogen (secondary N) is 1. The van der Waals surface area contributed by atoms with Gasteiger partial charge in [0.2, 0.25) is 0 Å². The number of benzene rings is 2. The van der Waals surface area contributed by atoms with Crippen LogP contribution in [0.1, 0.15) is 26.8 Å². The fourth-order valence-electron chi connectivity index (χ4n) is 3.24. The number of sulfone groups is 1. The Balaban J connectivity index is 0.00000306. The molecule has 0 aliphatic carbocycles. The van der Waals surface area contributed by atoms with E-state index in [-0.39, 0.29) is 7.43 Å². The van der Waals surface area contributed by atoms with E-state index >= 15 is 0 Å². The highest BCUT2D eigenvalue weighted by molar-refractivity contribution is 7.92. The molecule has 0 spiro atoms. The SMILES string of the molecule is C.CNCc1ccc(-c2cc(-c3cncc(-c4ccc(S(=O)(=O)C(C)C)cc4)n3)on2)cc1. The quantitative estimate of drug-likeness (QED) is 0.411. The molecule has 1 N–H and O–H groups in total. The van der Waals surface area contributed by atoms with Crippen LogP contribution in [0.3, 0.4) is 0 Å². The molecule has 2 heterocycles. The van der Waals surface area contributed by atoms with E-state index in [1.165, 1.54) is 5.56 Å². The maximum absolute atomic E-state index is 12.3. The smallest absolute Gasteiger partial charge is 0.187 e. The molecule has 4 rings (SSSR count). The van der Waals surface area contributed by atoms with Crippen molar-refractivity contribution in [1.82, 2.24) is 20.4 Å². The molecule has 8 heteroatoms. The van der Waals surface area contributed by atoms with Gasteiger partial charge in [0.15, 0.2) is 15.6 Å². The fourth-order valence-corrected chi connectivity index (χ4v) is 4.30. The van der Waals surface area contributed by atoms with Gasteiger partial charge < -0.3 is 9.84 Å². The first-order valence-corrected chi connectivity index (χ1v) is 11.8. The summed E-state index contributed by atoms with van der Waals surface area (Å²) in [5, 5.41) is 6.82. The topological polar surface area (TPSA) is 98.0 Å². The molecule has 0 unspecified atom stereocenters. The average molecular weight is 465 g/mol. The van der Waals surface area contributed by atoms with E-state index < -0.39 is 15.1 Å². The Morgan fingerprint density at radius 1 is 0.909 bits per heavy atom. The van der Waals surface area contributed by atoms with Gasteiger partial charge in [0.05, 0.1) is 28.2 Å². The van der Waals surface area contributed by atoms with Crippen LogP contribution in [-0.2, 0) is 16.4 Å². The van der Waals surface area contributed by atoms with Gasteiger partial charge in [0.25, 0.3) is 0 Å². The number of hydrogen-bond donors (Lipinski definition) is 1. The van der Waals surface area contributed by atoms with Crippen molar-refractivity contribution in [3.05, 3.63) is 72.6 Å². The Labute approximate surface area is 194 Å². The van der Waals surface area contributed by atoms with Crippen LogP contribution in [0.2, 0.25) is 0 Å². The lowest BCUT2D eigenvalue weighted by Crippen LogP contribution is -2.13. The third-order valence-electron chi connectivity index (χ3n) is 5.13. The Kier molecular flexibility index (Phi) is 7.40. The van der Waals surface area contributed by atoms with Gasteiger partial charge in [0, 0.05) is 23.7 Å². The number of rotatable bonds is 7. The van der Waals surface area contributed by atoms with Crippen LogP contribution in [0.5, 0.6) is 0 Å². The van der Waals surface area contributed by atoms with Gasteiger partial charge >= 0.3 is 0 Å². The molecular formula is C25H28N4O3S. The molecule has 0 saturated heterocycles. The highest BCUT2D eigenvalue weighted by atomic mass is 32.2. The van der Waals surface area contributed by atoms with Crippen LogP contribution in [0.15, 0.2) is 76.4 Å². The van der Waals surface area contributed by atoms with E-state index in [2.05, 4.69) is 20.4 Å². The summed E-state index contributed by atoms with van der Waals surface area (Å²) >= 11 is 0. The molecule has 2 aromatic carbocycles. The highest BCUT2D eigenvalue weighted by Gasteiger charge is 2.19. The fraction of sp³-hybridized carbons (Fsp3) is 0.240. The molecule has 4 aromatic rings. The molecule has 33 heavy (non-hydrogen) atoms. The maximum Gasteiger partial charge on any atom is 0.187 e. The van der Waals surface area contributed by atoms with Crippen LogP contribution in [-0.4, -0.2) is 35.8 Å². The normalized spacial score (nSPS) is 11.4. The summed E-state index contributed by atoms with van der Waals surface area (Å²) in [5.74, 6) is 0.507. The third-order valence-corrected chi connectivity index (χ3v) is 7.30. The summed E-state index contributed by atoms with van der Waals surface area (Å²) < 4.78 is 30.2. The predicted octanol–water partition coefficient (Wildman–Crippen LogP) is 5.00. The van der Waals surface area contributed by atoms with Gasteiger partial charge in [-0.05, 0) is 38.6 Å². The van der Waals surface area contributed by atoms with Gasteiger partial charge in [-0.25, -0.2) is 13.4 Å². The summed E-state index contributed by atoms with van der Waals surface area (Å²) in [6.45, 7) is 4.14. The molecule has 172 valence electrons. The standard InChI is InChI=1S/C24H24N4O3S.CH4/c1-16(2)32(29,30)20-10-8-19(9-11-20)22-14-26-15-23(27-22)24-12-21(28-31-24)18-6-4-17(5-7-18)13-25-3;/h4-12,14-16,25H,13H2,1-3H3;1H4. The second-order valence-electron chi connectivity index (χ2n) is 7.71. The first-order valence-electron chi connectivity index (χ1n) is 10.3. The van der Waals surface area contributed by atoms with Gasteiger partial charge in [-0.3, -0.25) is 4.98 Å². The molecule has 0 fully saturated rings. The van der Waals surface area contributed by atoms with Crippen molar-refractivity contribution >= 4 is 9.84 Å². The largest absolute Gasteiger partial charge is 0.354 e. The number of hydrogen-bond acceptors (Lipinski definition) is 7. The van der Waals surface area contributed by atoms with E-state index in [0.717, 1.165) is 17.7 Å². The second kappa shape index (κ2) is 10.1. The zero-order chi connectivity index (χ0) is 22.7. The Morgan fingerprint density at radius 3 is 2.15 bits per heavy atom. The highest BCUT2D eigenvalue weighted by Crippen LogP contribution is 2.27. The van der Waals surface area contributed by atoms with Gasteiger partial charge in [0.1, 0.15) is 11.4 Å². The van der Waals surface area contributed by atoms with Crippen molar-refractivity contribution in [2.75, 3.05) is 7.05 Å². The molecule has 0 saturated carbocycles. The monoisotopic (exact) mass is 464 g/mol. The number of nitrogens with zero attached hydrogens (tertiary/aromatic N) is 3. The minimum atomic E-state index is -3.32. The predicted molar refractivity (Wildman–Crippen MR) is 130 cm³/mol. The molecule has 7 nitrogen and oxygen atoms in total. The molecule has 0 aliphatic heterocycles. The van der Waals surface area contributed by atoms with Crippen LogP contribution >= 0.6 is 0 Å². The lowest BCUT2D eigenvalue weighted by molar-refractivity contribution is 0.433. The first-order chi connectivity index (χ1) is 15.4. The van der Waals surface area contributed by atoms with Crippen LogP contribution in [0.25, 0.3) is 34.0 Å². The third kappa shape index (κ3) is 5.18. The lowest BCUT2D eigenvalue weighted by atomic mass is 10.1. The van der Waals surface area contributed by atoms with Crippen LogP contribution in [0, 0.1) is 0 Å². The van der Waals surface area contributed by atoms with Crippen molar-refractivity contribution in [2.45, 2.75) is 38.0 Å². The minimum absolute atomic E-state index is 0. The summed E-state index contributed by atoms with van der Waals surface area (Å²) in [6.07, 6.45) is 3.24. The lowest BCUT2D eigenvalue weighted by Gasteiger charge is -2.08. The van der Waals surface area contributed by atoms with Crippen molar-refractivity contribution in [3.63, 3.8) is 0 Å². The Hall–Kier alpha value is -3.36. The zero-order valence-electron chi connectivity index (χ0n) is 18.1. The molecule has 0 bridgehead atoms. The molecule has 2 aromatic heterocycles. The van der Waals surface area contributed by atoms with E-state index in [4.69, 9.17) is 4.52 Å². The van der Waals surface area contributed by atoms with Gasteiger partial charge in [-0.15, -0.1) is 0 Å². The number of aromatic nitrogens is 3. The molecule has 0 atom stereocenters. The van der Waals surface area contributed by atoms with E-state index in [0.29, 0.717) is 27.7 Å². The average Bonchev–Trinajstić information content (AvgIpc) is 3.30. The summed E-state index contributed by atoms with van der Waals surface area (Å²) in [4.78, 5) is 9.20. The van der Waals surface area contributed by atoms with Crippen LogP contribution in [0.4, 0.5) is 0 Å². The van der Waals surface area contributed by atoms with Gasteiger partial charge in [-0.1, -0.05) is 49.0 Å². The van der Waals surface area contributed by atoms with E-state index in [9.17, 15) is 8.42 Å². The van der Waals surface area contributed by atoms with Crippen LogP contribution < -0.4 is 5.32 Å². The molecule has 0 radical (unpaired) electrons. The molecular weight excluding hydrogens is 436 g/mol. The Morgan fingerprint density at radius 2 is 1.52 bits per heavy atom. The van der Waals surface area contributed by atoms with Crippen molar-refractivity contribution in [2.24, 2.45) is 0 Å². The van der Waals surface area contributed by atoms with Crippen molar-refractivity contribution < 1.29 is 12.9 Å². The molecule has 0 amide bonds. The second-order valence-corrected chi connectivity index (χ2v) is 10.2. The van der Waals surface area contributed by atoms with Gasteiger partial charge in [-0.2, -0.15) is 0 Å². The van der Waals surface area contributed by atoms with Crippen molar-refractivity contribution in [3.8, 4) is 34.0 Å². The Bertz CT molecular complexity index is 1310. The summed E-state index contributed by atoms with van der Waals surface area (Å²) in [5.41, 5.74) is 4.78. The molecule has 0 aliphatic rings. The minimum Gasteiger partial charge on any atom is -0.354 e.